The maximum absolute atomic E-state index is 12.5. The molecule has 1 fully saturated rings. The first-order valence-corrected chi connectivity index (χ1v) is 10.7. The van der Waals surface area contributed by atoms with Crippen molar-refractivity contribution in [3.63, 3.8) is 0 Å². The largest absolute Gasteiger partial charge is 0.497 e. The van der Waals surface area contributed by atoms with Gasteiger partial charge in [-0.05, 0) is 61.0 Å². The van der Waals surface area contributed by atoms with Crippen molar-refractivity contribution in [3.8, 4) is 5.75 Å². The number of hydrogen-bond donors (Lipinski definition) is 1. The van der Waals surface area contributed by atoms with Crippen molar-refractivity contribution in [2.45, 2.75) is 13.0 Å². The van der Waals surface area contributed by atoms with Crippen molar-refractivity contribution in [2.75, 3.05) is 43.5 Å². The number of amides is 1. The predicted octanol–water partition coefficient (Wildman–Crippen LogP) is 4.83. The standard InChI is InChI=1S/C26H29N3O2/c1-20(28-15-17-29(18-16-28)24-11-13-25(31-2)14-12-24)22-9-6-10-23(19-22)27-26(30)21-7-4-3-5-8-21/h3-14,19-20H,15-18H2,1-2H3,(H,27,30)/t20-/m1/s1. The van der Waals surface area contributed by atoms with E-state index in [2.05, 4.69) is 46.3 Å². The van der Waals surface area contributed by atoms with E-state index in [0.717, 1.165) is 37.6 Å². The molecule has 0 saturated carbocycles. The van der Waals surface area contributed by atoms with Gasteiger partial charge in [0.15, 0.2) is 0 Å². The smallest absolute Gasteiger partial charge is 0.255 e. The zero-order valence-corrected chi connectivity index (χ0v) is 18.1. The van der Waals surface area contributed by atoms with Crippen LogP contribution in [0, 0.1) is 0 Å². The third-order valence-corrected chi connectivity index (χ3v) is 5.96. The summed E-state index contributed by atoms with van der Waals surface area (Å²) in [7, 11) is 1.69. The summed E-state index contributed by atoms with van der Waals surface area (Å²) < 4.78 is 5.26. The summed E-state index contributed by atoms with van der Waals surface area (Å²) in [5, 5.41) is 3.02. The van der Waals surface area contributed by atoms with E-state index in [1.165, 1.54) is 11.3 Å². The highest BCUT2D eigenvalue weighted by Crippen LogP contribution is 2.26. The average molecular weight is 416 g/mol. The molecule has 1 aliphatic rings. The van der Waals surface area contributed by atoms with E-state index in [1.807, 2.05) is 54.6 Å². The van der Waals surface area contributed by atoms with E-state index in [1.54, 1.807) is 7.11 Å². The molecule has 1 atom stereocenters. The highest BCUT2D eigenvalue weighted by atomic mass is 16.5. The maximum atomic E-state index is 12.5. The fraction of sp³-hybridized carbons (Fsp3) is 0.269. The van der Waals surface area contributed by atoms with Crippen LogP contribution in [0.3, 0.4) is 0 Å². The number of hydrogen-bond acceptors (Lipinski definition) is 4. The highest BCUT2D eigenvalue weighted by molar-refractivity contribution is 6.04. The number of rotatable bonds is 6. The number of carbonyl (C=O) groups excluding carboxylic acids is 1. The van der Waals surface area contributed by atoms with Crippen molar-refractivity contribution in [1.82, 2.24) is 4.90 Å². The molecule has 31 heavy (non-hydrogen) atoms. The minimum Gasteiger partial charge on any atom is -0.497 e. The van der Waals surface area contributed by atoms with Gasteiger partial charge in [0.1, 0.15) is 5.75 Å². The topological polar surface area (TPSA) is 44.8 Å². The van der Waals surface area contributed by atoms with Crippen molar-refractivity contribution < 1.29 is 9.53 Å². The molecule has 3 aromatic carbocycles. The Labute approximate surface area is 184 Å². The van der Waals surface area contributed by atoms with Crippen LogP contribution in [0.4, 0.5) is 11.4 Å². The summed E-state index contributed by atoms with van der Waals surface area (Å²) in [4.78, 5) is 17.4. The van der Waals surface area contributed by atoms with Gasteiger partial charge in [-0.25, -0.2) is 0 Å². The van der Waals surface area contributed by atoms with Crippen LogP contribution in [0.25, 0.3) is 0 Å². The Morgan fingerprint density at radius 3 is 2.29 bits per heavy atom. The summed E-state index contributed by atoms with van der Waals surface area (Å²) in [5.41, 5.74) is 3.94. The molecule has 5 heteroatoms. The Bertz CT molecular complexity index is 997. The lowest BCUT2D eigenvalue weighted by Gasteiger charge is -2.39. The van der Waals surface area contributed by atoms with Gasteiger partial charge in [0.2, 0.25) is 0 Å². The molecule has 160 valence electrons. The lowest BCUT2D eigenvalue weighted by Crippen LogP contribution is -2.47. The first-order chi connectivity index (χ1) is 15.1. The molecule has 3 aromatic rings. The zero-order chi connectivity index (χ0) is 21.6. The minimum atomic E-state index is -0.0847. The molecule has 1 N–H and O–H groups in total. The first-order valence-electron chi connectivity index (χ1n) is 10.7. The fourth-order valence-corrected chi connectivity index (χ4v) is 4.04. The van der Waals surface area contributed by atoms with Gasteiger partial charge < -0.3 is 15.0 Å². The summed E-state index contributed by atoms with van der Waals surface area (Å²) >= 11 is 0. The van der Waals surface area contributed by atoms with E-state index in [0.29, 0.717) is 5.56 Å². The molecule has 1 heterocycles. The molecule has 0 bridgehead atoms. The third-order valence-electron chi connectivity index (χ3n) is 5.96. The first kappa shape index (κ1) is 20.9. The van der Waals surface area contributed by atoms with Crippen LogP contribution in [0.1, 0.15) is 28.9 Å². The van der Waals surface area contributed by atoms with E-state index < -0.39 is 0 Å². The normalized spacial score (nSPS) is 15.4. The van der Waals surface area contributed by atoms with Crippen LogP contribution in [-0.2, 0) is 0 Å². The Kier molecular flexibility index (Phi) is 6.53. The van der Waals surface area contributed by atoms with Crippen molar-refractivity contribution in [3.05, 3.63) is 90.0 Å². The summed E-state index contributed by atoms with van der Waals surface area (Å²) in [6.07, 6.45) is 0. The number of carbonyl (C=O) groups is 1. The highest BCUT2D eigenvalue weighted by Gasteiger charge is 2.22. The van der Waals surface area contributed by atoms with Gasteiger partial charge >= 0.3 is 0 Å². The molecule has 0 aromatic heterocycles. The molecule has 0 spiro atoms. The summed E-state index contributed by atoms with van der Waals surface area (Å²) in [6.45, 7) is 6.20. The Balaban J connectivity index is 1.37. The van der Waals surface area contributed by atoms with Gasteiger partial charge in [-0.3, -0.25) is 9.69 Å². The van der Waals surface area contributed by atoms with Gasteiger partial charge in [-0.15, -0.1) is 0 Å². The molecule has 0 aliphatic carbocycles. The van der Waals surface area contributed by atoms with Crippen molar-refractivity contribution in [2.24, 2.45) is 0 Å². The Morgan fingerprint density at radius 1 is 0.903 bits per heavy atom. The third kappa shape index (κ3) is 5.06. The quantitative estimate of drug-likeness (QED) is 0.626. The summed E-state index contributed by atoms with van der Waals surface area (Å²) in [5.74, 6) is 0.800. The van der Waals surface area contributed by atoms with Crippen LogP contribution in [0.15, 0.2) is 78.9 Å². The number of benzene rings is 3. The van der Waals surface area contributed by atoms with Crippen molar-refractivity contribution >= 4 is 17.3 Å². The molecule has 1 amide bonds. The van der Waals surface area contributed by atoms with E-state index >= 15 is 0 Å². The average Bonchev–Trinajstić information content (AvgIpc) is 2.84. The molecule has 4 rings (SSSR count). The maximum Gasteiger partial charge on any atom is 0.255 e. The lowest BCUT2D eigenvalue weighted by atomic mass is 10.0. The molecule has 0 unspecified atom stereocenters. The minimum absolute atomic E-state index is 0.0847. The summed E-state index contributed by atoms with van der Waals surface area (Å²) in [6, 6.07) is 26.0. The van der Waals surface area contributed by atoms with Crippen LogP contribution in [-0.4, -0.2) is 44.1 Å². The number of anilines is 2. The number of methoxy groups -OCH3 is 1. The second kappa shape index (κ2) is 9.67. The van der Waals surface area contributed by atoms with Gasteiger partial charge in [-0.1, -0.05) is 30.3 Å². The van der Waals surface area contributed by atoms with Crippen LogP contribution in [0.5, 0.6) is 5.75 Å². The number of nitrogens with zero attached hydrogens (tertiary/aromatic N) is 2. The number of ether oxygens (including phenoxy) is 1. The van der Waals surface area contributed by atoms with Crippen LogP contribution >= 0.6 is 0 Å². The SMILES string of the molecule is COc1ccc(N2CCN([C@H](C)c3cccc(NC(=O)c4ccccc4)c3)CC2)cc1. The second-order valence-electron chi connectivity index (χ2n) is 7.84. The van der Waals surface area contributed by atoms with Gasteiger partial charge in [-0.2, -0.15) is 0 Å². The zero-order valence-electron chi connectivity index (χ0n) is 18.1. The van der Waals surface area contributed by atoms with E-state index in [9.17, 15) is 4.79 Å². The molecular weight excluding hydrogens is 386 g/mol. The fourth-order valence-electron chi connectivity index (χ4n) is 4.04. The molecular formula is C26H29N3O2. The molecule has 1 saturated heterocycles. The molecule has 0 radical (unpaired) electrons. The second-order valence-corrected chi connectivity index (χ2v) is 7.84. The molecule has 1 aliphatic heterocycles. The van der Waals surface area contributed by atoms with Gasteiger partial charge in [0.05, 0.1) is 7.11 Å². The Hall–Kier alpha value is -3.31. The van der Waals surface area contributed by atoms with Crippen molar-refractivity contribution in [1.29, 1.82) is 0 Å². The van der Waals surface area contributed by atoms with Crippen LogP contribution in [0.2, 0.25) is 0 Å². The lowest BCUT2D eigenvalue weighted by molar-refractivity contribution is 0.102. The van der Waals surface area contributed by atoms with Crippen LogP contribution < -0.4 is 15.0 Å². The van der Waals surface area contributed by atoms with Gasteiger partial charge in [0, 0.05) is 49.2 Å². The molecule has 5 nitrogen and oxygen atoms in total. The number of piperazine rings is 1. The monoisotopic (exact) mass is 415 g/mol. The predicted molar refractivity (Wildman–Crippen MR) is 126 cm³/mol. The number of nitrogens with one attached hydrogen (secondary N) is 1. The van der Waals surface area contributed by atoms with E-state index in [4.69, 9.17) is 4.74 Å². The van der Waals surface area contributed by atoms with Gasteiger partial charge in [0.25, 0.3) is 5.91 Å². The van der Waals surface area contributed by atoms with E-state index in [-0.39, 0.29) is 11.9 Å². The Morgan fingerprint density at radius 2 is 1.61 bits per heavy atom.